The van der Waals surface area contributed by atoms with Gasteiger partial charge in [-0.15, -0.1) is 0 Å². The number of carbonyl (C=O) groups is 1. The van der Waals surface area contributed by atoms with Crippen molar-refractivity contribution in [2.24, 2.45) is 0 Å². The third-order valence-electron chi connectivity index (χ3n) is 4.29. The highest BCUT2D eigenvalue weighted by Gasteiger charge is 2.16. The Morgan fingerprint density at radius 1 is 1.15 bits per heavy atom. The molecule has 3 aromatic rings. The molecule has 0 atom stereocenters. The summed E-state index contributed by atoms with van der Waals surface area (Å²) in [5.41, 5.74) is 2.91. The van der Waals surface area contributed by atoms with E-state index in [4.69, 9.17) is 0 Å². The van der Waals surface area contributed by atoms with E-state index in [1.807, 2.05) is 61.7 Å². The van der Waals surface area contributed by atoms with Crippen molar-refractivity contribution >= 4 is 28.3 Å². The molecule has 0 fully saturated rings. The molecule has 0 saturated carbocycles. The summed E-state index contributed by atoms with van der Waals surface area (Å²) in [5, 5.41) is 3.25. The molecule has 6 heteroatoms. The van der Waals surface area contributed by atoms with Crippen molar-refractivity contribution in [1.29, 1.82) is 0 Å². The molecule has 0 aliphatic carbocycles. The zero-order valence-corrected chi connectivity index (χ0v) is 15.4. The molecule has 1 N–H and O–H groups in total. The average molecular weight is 350 g/mol. The summed E-state index contributed by atoms with van der Waals surface area (Å²) in [5.74, 6) is -0.419. The van der Waals surface area contributed by atoms with Gasteiger partial charge in [0.15, 0.2) is 0 Å². The van der Waals surface area contributed by atoms with Crippen LogP contribution in [0.3, 0.4) is 0 Å². The Kier molecular flexibility index (Phi) is 4.75. The second-order valence-corrected chi connectivity index (χ2v) is 6.38. The number of nitrogens with zero attached hydrogens (tertiary/aromatic N) is 3. The van der Waals surface area contributed by atoms with E-state index in [1.54, 1.807) is 18.3 Å². The number of anilines is 2. The molecule has 3 rings (SSSR count). The Labute approximate surface area is 152 Å². The van der Waals surface area contributed by atoms with Gasteiger partial charge in [0.2, 0.25) is 5.43 Å². The number of nitrogens with one attached hydrogen (secondary N) is 1. The highest BCUT2D eigenvalue weighted by Crippen LogP contribution is 2.17. The van der Waals surface area contributed by atoms with Crippen molar-refractivity contribution in [3.05, 3.63) is 64.1 Å². The highest BCUT2D eigenvalue weighted by atomic mass is 16.2. The zero-order valence-electron chi connectivity index (χ0n) is 15.4. The quantitative estimate of drug-likeness (QED) is 0.785. The molecule has 0 spiro atoms. The number of rotatable bonds is 4. The molecule has 0 saturated heterocycles. The van der Waals surface area contributed by atoms with Gasteiger partial charge in [-0.2, -0.15) is 0 Å². The zero-order chi connectivity index (χ0) is 18.8. The van der Waals surface area contributed by atoms with Crippen molar-refractivity contribution in [2.75, 3.05) is 24.3 Å². The second kappa shape index (κ2) is 7.00. The second-order valence-electron chi connectivity index (χ2n) is 6.38. The van der Waals surface area contributed by atoms with Crippen LogP contribution in [-0.2, 0) is 6.54 Å². The minimum absolute atomic E-state index is 0.113. The van der Waals surface area contributed by atoms with Crippen LogP contribution in [0.2, 0.25) is 0 Å². The first kappa shape index (κ1) is 17.7. The lowest BCUT2D eigenvalue weighted by Crippen LogP contribution is -2.24. The number of aryl methyl sites for hydroxylation is 2. The van der Waals surface area contributed by atoms with Gasteiger partial charge in [0.1, 0.15) is 11.2 Å². The predicted molar refractivity (Wildman–Crippen MR) is 105 cm³/mol. The van der Waals surface area contributed by atoms with Gasteiger partial charge in [0.05, 0.1) is 5.39 Å². The van der Waals surface area contributed by atoms with Gasteiger partial charge >= 0.3 is 0 Å². The normalized spacial score (nSPS) is 10.8. The topological polar surface area (TPSA) is 67.2 Å². The maximum absolute atomic E-state index is 12.8. The van der Waals surface area contributed by atoms with E-state index in [1.165, 1.54) is 0 Å². The van der Waals surface area contributed by atoms with Crippen LogP contribution in [0.25, 0.3) is 11.0 Å². The predicted octanol–water partition coefficient (Wildman–Crippen LogP) is 3.04. The average Bonchev–Trinajstić information content (AvgIpc) is 2.62. The van der Waals surface area contributed by atoms with Crippen LogP contribution < -0.4 is 15.6 Å². The van der Waals surface area contributed by atoms with Crippen molar-refractivity contribution in [3.63, 3.8) is 0 Å². The van der Waals surface area contributed by atoms with Crippen molar-refractivity contribution in [3.8, 4) is 0 Å². The first-order valence-corrected chi connectivity index (χ1v) is 8.50. The van der Waals surface area contributed by atoms with Gasteiger partial charge in [-0.05, 0) is 50.2 Å². The van der Waals surface area contributed by atoms with Gasteiger partial charge in [0.25, 0.3) is 5.91 Å². The Morgan fingerprint density at radius 3 is 2.46 bits per heavy atom. The molecule has 0 aliphatic rings. The lowest BCUT2D eigenvalue weighted by atomic mass is 10.1. The van der Waals surface area contributed by atoms with E-state index in [0.717, 1.165) is 11.4 Å². The van der Waals surface area contributed by atoms with Crippen LogP contribution in [0.15, 0.2) is 47.4 Å². The largest absolute Gasteiger partial charge is 0.378 e. The Balaban J connectivity index is 1.99. The summed E-state index contributed by atoms with van der Waals surface area (Å²) in [6, 6.07) is 11.0. The molecule has 0 unspecified atom stereocenters. The molecular formula is C20H22N4O2. The lowest BCUT2D eigenvalue weighted by Gasteiger charge is -2.14. The number of pyridine rings is 2. The molecule has 0 aliphatic heterocycles. The highest BCUT2D eigenvalue weighted by molar-refractivity contribution is 6.05. The van der Waals surface area contributed by atoms with E-state index in [2.05, 4.69) is 10.3 Å². The summed E-state index contributed by atoms with van der Waals surface area (Å²) in [6.07, 6.45) is 1.58. The number of benzene rings is 1. The van der Waals surface area contributed by atoms with Crippen LogP contribution in [0.5, 0.6) is 0 Å². The van der Waals surface area contributed by atoms with Gasteiger partial charge in [-0.25, -0.2) is 4.98 Å². The van der Waals surface area contributed by atoms with E-state index < -0.39 is 5.91 Å². The SMILES string of the molecule is CCn1cc(C(=O)Nc2ccc(N(C)C)cc2)c(=O)c2ccc(C)nc21. The van der Waals surface area contributed by atoms with Crippen LogP contribution in [0.1, 0.15) is 23.0 Å². The van der Waals surface area contributed by atoms with Crippen LogP contribution in [-0.4, -0.2) is 29.6 Å². The number of aromatic nitrogens is 2. The van der Waals surface area contributed by atoms with Crippen molar-refractivity contribution < 1.29 is 4.79 Å². The number of hydrogen-bond acceptors (Lipinski definition) is 4. The molecule has 134 valence electrons. The third kappa shape index (κ3) is 3.31. The van der Waals surface area contributed by atoms with Gasteiger partial charge in [0, 0.05) is 43.9 Å². The summed E-state index contributed by atoms with van der Waals surface area (Å²) < 4.78 is 1.83. The molecule has 26 heavy (non-hydrogen) atoms. The van der Waals surface area contributed by atoms with Crippen LogP contribution in [0, 0.1) is 6.92 Å². The van der Waals surface area contributed by atoms with E-state index >= 15 is 0 Å². The molecule has 0 radical (unpaired) electrons. The molecule has 2 aromatic heterocycles. The summed E-state index contributed by atoms with van der Waals surface area (Å²) in [4.78, 5) is 31.9. The van der Waals surface area contributed by atoms with Gasteiger partial charge in [-0.3, -0.25) is 9.59 Å². The molecular weight excluding hydrogens is 328 g/mol. The molecule has 1 aromatic carbocycles. The summed E-state index contributed by atoms with van der Waals surface area (Å²) in [7, 11) is 3.90. The third-order valence-corrected chi connectivity index (χ3v) is 4.29. The Bertz CT molecular complexity index is 1020. The fourth-order valence-corrected chi connectivity index (χ4v) is 2.80. The van der Waals surface area contributed by atoms with Crippen LogP contribution in [0.4, 0.5) is 11.4 Å². The Hall–Kier alpha value is -3.15. The molecule has 6 nitrogen and oxygen atoms in total. The Morgan fingerprint density at radius 2 is 1.85 bits per heavy atom. The van der Waals surface area contributed by atoms with Gasteiger partial charge < -0.3 is 14.8 Å². The van der Waals surface area contributed by atoms with E-state index in [0.29, 0.717) is 23.3 Å². The first-order valence-electron chi connectivity index (χ1n) is 8.50. The summed E-state index contributed by atoms with van der Waals surface area (Å²) in [6.45, 7) is 4.45. The van der Waals surface area contributed by atoms with Gasteiger partial charge in [-0.1, -0.05) is 0 Å². The smallest absolute Gasteiger partial charge is 0.261 e. The molecule has 0 bridgehead atoms. The fourth-order valence-electron chi connectivity index (χ4n) is 2.80. The minimum Gasteiger partial charge on any atom is -0.378 e. The van der Waals surface area contributed by atoms with E-state index in [-0.39, 0.29) is 11.0 Å². The number of fused-ring (bicyclic) bond motifs is 1. The standard InChI is InChI=1S/C20H22N4O2/c1-5-24-12-17(18(25)16-11-6-13(2)21-19(16)24)20(26)22-14-7-9-15(10-8-14)23(3)4/h6-12H,5H2,1-4H3,(H,22,26). The van der Waals surface area contributed by atoms with E-state index in [9.17, 15) is 9.59 Å². The van der Waals surface area contributed by atoms with Crippen molar-refractivity contribution in [1.82, 2.24) is 9.55 Å². The van der Waals surface area contributed by atoms with Crippen molar-refractivity contribution in [2.45, 2.75) is 20.4 Å². The lowest BCUT2D eigenvalue weighted by molar-refractivity contribution is 0.102. The monoisotopic (exact) mass is 350 g/mol. The molecule has 1 amide bonds. The number of carbonyl (C=O) groups excluding carboxylic acids is 1. The van der Waals surface area contributed by atoms with Crippen LogP contribution >= 0.6 is 0 Å². The molecule has 2 heterocycles. The maximum Gasteiger partial charge on any atom is 0.261 e. The number of hydrogen-bond donors (Lipinski definition) is 1. The minimum atomic E-state index is -0.419. The first-order chi connectivity index (χ1) is 12.4. The maximum atomic E-state index is 12.8. The number of amides is 1. The summed E-state index contributed by atoms with van der Waals surface area (Å²) >= 11 is 0. The fraction of sp³-hybridized carbons (Fsp3) is 0.250.